The van der Waals surface area contributed by atoms with E-state index in [0.29, 0.717) is 24.1 Å². The van der Waals surface area contributed by atoms with Gasteiger partial charge in [0.15, 0.2) is 5.76 Å². The van der Waals surface area contributed by atoms with E-state index in [9.17, 15) is 4.79 Å². The number of fused-ring (bicyclic) bond motifs is 1. The molecule has 3 rings (SSSR count). The van der Waals surface area contributed by atoms with Crippen molar-refractivity contribution in [1.29, 1.82) is 0 Å². The number of amides is 1. The summed E-state index contributed by atoms with van der Waals surface area (Å²) in [4.78, 5) is 12.6. The predicted octanol–water partition coefficient (Wildman–Crippen LogP) is 4.47. The van der Waals surface area contributed by atoms with Crippen LogP contribution in [0.15, 0.2) is 28.7 Å². The molecule has 1 saturated carbocycles. The lowest BCUT2D eigenvalue weighted by atomic mass is 10.0. The van der Waals surface area contributed by atoms with Gasteiger partial charge in [-0.25, -0.2) is 0 Å². The van der Waals surface area contributed by atoms with Crippen LogP contribution in [0.25, 0.3) is 11.0 Å². The van der Waals surface area contributed by atoms with Crippen LogP contribution in [-0.4, -0.2) is 24.2 Å². The van der Waals surface area contributed by atoms with Gasteiger partial charge in [-0.1, -0.05) is 37.5 Å². The molecule has 5 heteroatoms. The summed E-state index contributed by atoms with van der Waals surface area (Å²) in [5, 5.41) is 4.75. The quantitative estimate of drug-likeness (QED) is 0.682. The highest BCUT2D eigenvalue weighted by Crippen LogP contribution is 2.34. The Morgan fingerprint density at radius 3 is 2.80 bits per heavy atom. The Bertz CT molecular complexity index is 692. The molecule has 1 aromatic heterocycles. The lowest BCUT2D eigenvalue weighted by Crippen LogP contribution is -2.25. The van der Waals surface area contributed by atoms with Crippen molar-refractivity contribution < 1.29 is 9.21 Å². The third-order valence-electron chi connectivity index (χ3n) is 4.84. The molecular weight excluding hydrogens is 332 g/mol. The maximum Gasteiger partial charge on any atom is 0.287 e. The molecule has 136 valence electrons. The average molecular weight is 361 g/mol. The summed E-state index contributed by atoms with van der Waals surface area (Å²) in [5.74, 6) is 1.22. The third-order valence-corrected chi connectivity index (χ3v) is 6.23. The van der Waals surface area contributed by atoms with Crippen molar-refractivity contribution in [1.82, 2.24) is 5.32 Å². The van der Waals surface area contributed by atoms with Crippen LogP contribution in [0.2, 0.25) is 0 Å². The second-order valence-corrected chi connectivity index (χ2v) is 8.02. The van der Waals surface area contributed by atoms with Gasteiger partial charge in [-0.15, -0.1) is 0 Å². The molecule has 0 spiro atoms. The zero-order valence-corrected chi connectivity index (χ0v) is 15.6. The van der Waals surface area contributed by atoms with Gasteiger partial charge >= 0.3 is 0 Å². The molecule has 1 fully saturated rings. The number of hydrogen-bond acceptors (Lipinski definition) is 4. The number of rotatable bonds is 8. The molecule has 25 heavy (non-hydrogen) atoms. The van der Waals surface area contributed by atoms with Gasteiger partial charge < -0.3 is 15.5 Å². The molecule has 0 unspecified atom stereocenters. The van der Waals surface area contributed by atoms with Crippen molar-refractivity contribution in [3.8, 4) is 0 Å². The summed E-state index contributed by atoms with van der Waals surface area (Å²) in [7, 11) is 0. The van der Waals surface area contributed by atoms with Crippen LogP contribution in [-0.2, 0) is 5.75 Å². The fourth-order valence-corrected chi connectivity index (χ4v) is 4.77. The molecule has 3 N–H and O–H groups in total. The van der Waals surface area contributed by atoms with Crippen molar-refractivity contribution in [3.05, 3.63) is 35.6 Å². The largest absolute Gasteiger partial charge is 0.451 e. The summed E-state index contributed by atoms with van der Waals surface area (Å²) < 4.78 is 5.91. The van der Waals surface area contributed by atoms with Crippen LogP contribution in [0.1, 0.15) is 61.1 Å². The van der Waals surface area contributed by atoms with E-state index in [2.05, 4.69) is 11.4 Å². The Morgan fingerprint density at radius 2 is 2.00 bits per heavy atom. The highest BCUT2D eigenvalue weighted by Gasteiger charge is 2.22. The minimum absolute atomic E-state index is 0.104. The van der Waals surface area contributed by atoms with E-state index < -0.39 is 0 Å². The third kappa shape index (κ3) is 4.79. The van der Waals surface area contributed by atoms with E-state index in [4.69, 9.17) is 10.2 Å². The summed E-state index contributed by atoms with van der Waals surface area (Å²) in [6.07, 6.45) is 8.43. The first kappa shape index (κ1) is 18.3. The van der Waals surface area contributed by atoms with Gasteiger partial charge in [-0.3, -0.25) is 4.79 Å². The molecule has 0 atom stereocenters. The van der Waals surface area contributed by atoms with Gasteiger partial charge in [0, 0.05) is 28.5 Å². The highest BCUT2D eigenvalue weighted by molar-refractivity contribution is 7.99. The lowest BCUT2D eigenvalue weighted by molar-refractivity contribution is 0.0926. The second kappa shape index (κ2) is 9.30. The minimum Gasteiger partial charge on any atom is -0.451 e. The van der Waals surface area contributed by atoms with Crippen LogP contribution < -0.4 is 11.1 Å². The second-order valence-electron chi connectivity index (χ2n) is 6.73. The summed E-state index contributed by atoms with van der Waals surface area (Å²) in [5.41, 5.74) is 7.35. The van der Waals surface area contributed by atoms with Crippen molar-refractivity contribution in [2.75, 3.05) is 13.1 Å². The molecule has 1 heterocycles. The molecule has 1 aromatic carbocycles. The van der Waals surface area contributed by atoms with Crippen LogP contribution >= 0.6 is 11.8 Å². The number of carbonyl (C=O) groups is 1. The monoisotopic (exact) mass is 360 g/mol. The Kier molecular flexibility index (Phi) is 6.82. The van der Waals surface area contributed by atoms with Crippen LogP contribution in [0, 0.1) is 0 Å². The fourth-order valence-electron chi connectivity index (χ4n) is 3.41. The minimum atomic E-state index is -0.104. The standard InChI is InChI=1S/C20H28N2O2S/c21-12-6-7-13-22-20(23)19-17(14-25-15-8-2-1-3-9-15)16-10-4-5-11-18(16)24-19/h4-5,10-11,15H,1-3,6-9,12-14,21H2,(H,22,23). The topological polar surface area (TPSA) is 68.3 Å². The summed E-state index contributed by atoms with van der Waals surface area (Å²) in [6.45, 7) is 1.30. The van der Waals surface area contributed by atoms with Gasteiger partial charge in [-0.2, -0.15) is 11.8 Å². The van der Waals surface area contributed by atoms with E-state index in [1.807, 2.05) is 30.0 Å². The molecule has 4 nitrogen and oxygen atoms in total. The van der Waals surface area contributed by atoms with Gasteiger partial charge in [0.05, 0.1) is 0 Å². The zero-order chi connectivity index (χ0) is 17.5. The Balaban J connectivity index is 1.73. The number of benzene rings is 1. The van der Waals surface area contributed by atoms with Crippen LogP contribution in [0.5, 0.6) is 0 Å². The molecule has 1 amide bonds. The van der Waals surface area contributed by atoms with E-state index >= 15 is 0 Å². The molecule has 0 bridgehead atoms. The maximum atomic E-state index is 12.6. The highest BCUT2D eigenvalue weighted by atomic mass is 32.2. The van der Waals surface area contributed by atoms with E-state index in [1.165, 1.54) is 32.1 Å². The number of furan rings is 1. The first-order valence-corrected chi connectivity index (χ1v) is 10.4. The molecule has 0 saturated heterocycles. The molecule has 1 aliphatic rings. The van der Waals surface area contributed by atoms with E-state index in [0.717, 1.165) is 35.1 Å². The van der Waals surface area contributed by atoms with Gasteiger partial charge in [0.2, 0.25) is 0 Å². The number of unbranched alkanes of at least 4 members (excludes halogenated alkanes) is 1. The van der Waals surface area contributed by atoms with Crippen molar-refractivity contribution in [2.24, 2.45) is 5.73 Å². The fraction of sp³-hybridized carbons (Fsp3) is 0.550. The lowest BCUT2D eigenvalue weighted by Gasteiger charge is -2.20. The number of carbonyl (C=O) groups excluding carboxylic acids is 1. The average Bonchev–Trinajstić information content (AvgIpc) is 3.03. The predicted molar refractivity (Wildman–Crippen MR) is 105 cm³/mol. The maximum absolute atomic E-state index is 12.6. The molecule has 1 aliphatic carbocycles. The molecule has 0 radical (unpaired) electrons. The Labute approximate surface area is 153 Å². The van der Waals surface area contributed by atoms with Gasteiger partial charge in [0.1, 0.15) is 5.58 Å². The molecule has 2 aromatic rings. The van der Waals surface area contributed by atoms with E-state index in [1.54, 1.807) is 0 Å². The van der Waals surface area contributed by atoms with Crippen LogP contribution in [0.4, 0.5) is 0 Å². The number of nitrogens with one attached hydrogen (secondary N) is 1. The first-order chi connectivity index (χ1) is 12.3. The van der Waals surface area contributed by atoms with Crippen molar-refractivity contribution in [2.45, 2.75) is 55.9 Å². The van der Waals surface area contributed by atoms with Crippen LogP contribution in [0.3, 0.4) is 0 Å². The Morgan fingerprint density at radius 1 is 1.20 bits per heavy atom. The number of para-hydroxylation sites is 1. The molecule has 0 aliphatic heterocycles. The number of nitrogens with two attached hydrogens (primary N) is 1. The Hall–Kier alpha value is -1.46. The normalized spacial score (nSPS) is 15.6. The van der Waals surface area contributed by atoms with E-state index in [-0.39, 0.29) is 5.91 Å². The summed E-state index contributed by atoms with van der Waals surface area (Å²) >= 11 is 1.98. The van der Waals surface area contributed by atoms with Crippen molar-refractivity contribution >= 4 is 28.6 Å². The SMILES string of the molecule is NCCCCNC(=O)c1oc2ccccc2c1CSC1CCCCC1. The number of thioether (sulfide) groups is 1. The van der Waals surface area contributed by atoms with Gasteiger partial charge in [-0.05, 0) is 38.3 Å². The number of hydrogen-bond donors (Lipinski definition) is 2. The van der Waals surface area contributed by atoms with Gasteiger partial charge in [0.25, 0.3) is 5.91 Å². The first-order valence-electron chi connectivity index (χ1n) is 9.40. The zero-order valence-electron chi connectivity index (χ0n) is 14.8. The van der Waals surface area contributed by atoms with Crippen molar-refractivity contribution in [3.63, 3.8) is 0 Å². The smallest absolute Gasteiger partial charge is 0.287 e. The summed E-state index contributed by atoms with van der Waals surface area (Å²) in [6, 6.07) is 7.96. The molecular formula is C20H28N2O2S.